The predicted octanol–water partition coefficient (Wildman–Crippen LogP) is 3.27. The lowest BCUT2D eigenvalue weighted by Gasteiger charge is -1.95. The van der Waals surface area contributed by atoms with Crippen molar-refractivity contribution in [3.63, 3.8) is 0 Å². The summed E-state index contributed by atoms with van der Waals surface area (Å²) in [5.74, 6) is 1.12. The highest BCUT2D eigenvalue weighted by Crippen LogP contribution is 2.26. The first-order valence-corrected chi connectivity index (χ1v) is 5.58. The first kappa shape index (κ1) is 11.7. The average Bonchev–Trinajstić information content (AvgIpc) is 2.71. The Morgan fingerprint density at radius 3 is 2.53 bits per heavy atom. The summed E-state index contributed by atoms with van der Waals surface area (Å²) in [6, 6.07) is 9.02. The van der Waals surface area contributed by atoms with E-state index in [2.05, 4.69) is 5.32 Å². The van der Waals surface area contributed by atoms with Crippen LogP contribution in [0.15, 0.2) is 34.7 Å². The van der Waals surface area contributed by atoms with Crippen molar-refractivity contribution in [1.29, 1.82) is 0 Å². The van der Waals surface area contributed by atoms with Crippen molar-refractivity contribution in [3.8, 4) is 11.3 Å². The molecule has 3 nitrogen and oxygen atoms in total. The molecule has 1 N–H and O–H groups in total. The number of amides is 1. The maximum atomic E-state index is 11.5. The van der Waals surface area contributed by atoms with E-state index in [9.17, 15) is 4.79 Å². The third-order valence-electron chi connectivity index (χ3n) is 2.52. The Morgan fingerprint density at radius 1 is 1.29 bits per heavy atom. The Balaban J connectivity index is 2.41. The molecule has 0 bridgehead atoms. The Kier molecular flexibility index (Phi) is 3.20. The van der Waals surface area contributed by atoms with Crippen LogP contribution in [-0.4, -0.2) is 13.0 Å². The Bertz CT molecular complexity index is 543. The Hall–Kier alpha value is -1.74. The van der Waals surface area contributed by atoms with Crippen molar-refractivity contribution in [3.05, 3.63) is 46.7 Å². The van der Waals surface area contributed by atoms with E-state index in [1.54, 1.807) is 32.2 Å². The molecule has 0 spiro atoms. The molecule has 0 radical (unpaired) electrons. The molecule has 0 atom stereocenters. The molecule has 0 saturated carbocycles. The van der Waals surface area contributed by atoms with E-state index in [0.717, 1.165) is 5.56 Å². The number of hydrogen-bond donors (Lipinski definition) is 1. The van der Waals surface area contributed by atoms with Crippen LogP contribution in [0.4, 0.5) is 0 Å². The Morgan fingerprint density at radius 2 is 1.94 bits per heavy atom. The number of hydrogen-bond acceptors (Lipinski definition) is 2. The molecule has 1 aromatic carbocycles. The zero-order chi connectivity index (χ0) is 12.4. The molecular formula is C13H12ClNO2. The third-order valence-corrected chi connectivity index (χ3v) is 2.77. The molecule has 2 rings (SSSR count). The molecule has 0 saturated heterocycles. The summed E-state index contributed by atoms with van der Waals surface area (Å²) in [5, 5.41) is 3.25. The predicted molar refractivity (Wildman–Crippen MR) is 67.3 cm³/mol. The van der Waals surface area contributed by atoms with Crippen molar-refractivity contribution in [2.75, 3.05) is 7.05 Å². The van der Waals surface area contributed by atoms with Gasteiger partial charge in [0, 0.05) is 17.6 Å². The molecule has 2 aromatic rings. The van der Waals surface area contributed by atoms with Crippen LogP contribution in [0.25, 0.3) is 11.3 Å². The van der Waals surface area contributed by atoms with Crippen LogP contribution in [0.3, 0.4) is 0 Å². The smallest absolute Gasteiger partial charge is 0.254 e. The summed E-state index contributed by atoms with van der Waals surface area (Å²) in [6.07, 6.45) is 0. The Labute approximate surface area is 104 Å². The summed E-state index contributed by atoms with van der Waals surface area (Å²) in [4.78, 5) is 11.5. The van der Waals surface area contributed by atoms with Crippen LogP contribution >= 0.6 is 11.6 Å². The summed E-state index contributed by atoms with van der Waals surface area (Å²) < 4.78 is 5.56. The molecule has 0 aliphatic heterocycles. The molecule has 0 aliphatic rings. The minimum atomic E-state index is -0.147. The molecule has 1 aromatic heterocycles. The zero-order valence-corrected chi connectivity index (χ0v) is 10.3. The van der Waals surface area contributed by atoms with Gasteiger partial charge in [0.25, 0.3) is 5.91 Å². The summed E-state index contributed by atoms with van der Waals surface area (Å²) in [7, 11) is 1.59. The number of furan rings is 1. The van der Waals surface area contributed by atoms with Gasteiger partial charge in [0.1, 0.15) is 11.5 Å². The van der Waals surface area contributed by atoms with Gasteiger partial charge >= 0.3 is 0 Å². The lowest BCUT2D eigenvalue weighted by Crippen LogP contribution is -2.17. The lowest BCUT2D eigenvalue weighted by atomic mass is 10.1. The van der Waals surface area contributed by atoms with E-state index in [-0.39, 0.29) is 5.91 Å². The number of rotatable bonds is 2. The number of halogens is 1. The standard InChI is InChI=1S/C13H12ClNO2/c1-8-11(13(16)15-2)7-12(17-8)9-3-5-10(14)6-4-9/h3-7H,1-2H3,(H,15,16). The van der Waals surface area contributed by atoms with Crippen LogP contribution < -0.4 is 5.32 Å². The number of benzene rings is 1. The van der Waals surface area contributed by atoms with Gasteiger partial charge in [-0.15, -0.1) is 0 Å². The van der Waals surface area contributed by atoms with Gasteiger partial charge in [0.2, 0.25) is 0 Å². The SMILES string of the molecule is CNC(=O)c1cc(-c2ccc(Cl)cc2)oc1C. The number of carbonyl (C=O) groups excluding carboxylic acids is 1. The second-order valence-corrected chi connectivity index (χ2v) is 4.10. The number of aryl methyl sites for hydroxylation is 1. The van der Waals surface area contributed by atoms with E-state index in [1.165, 1.54) is 0 Å². The molecule has 1 amide bonds. The van der Waals surface area contributed by atoms with Crippen molar-refractivity contribution in [2.24, 2.45) is 0 Å². The van der Waals surface area contributed by atoms with Gasteiger partial charge < -0.3 is 9.73 Å². The topological polar surface area (TPSA) is 42.2 Å². The van der Waals surface area contributed by atoms with Crippen LogP contribution in [0.5, 0.6) is 0 Å². The normalized spacial score (nSPS) is 10.3. The highest BCUT2D eigenvalue weighted by atomic mass is 35.5. The van der Waals surface area contributed by atoms with Crippen LogP contribution in [0, 0.1) is 6.92 Å². The number of carbonyl (C=O) groups is 1. The van der Waals surface area contributed by atoms with E-state index in [1.807, 2.05) is 12.1 Å². The minimum Gasteiger partial charge on any atom is -0.461 e. The van der Waals surface area contributed by atoms with Crippen molar-refractivity contribution < 1.29 is 9.21 Å². The molecule has 17 heavy (non-hydrogen) atoms. The second-order valence-electron chi connectivity index (χ2n) is 3.67. The molecule has 88 valence electrons. The van der Waals surface area contributed by atoms with Gasteiger partial charge in [-0.1, -0.05) is 11.6 Å². The van der Waals surface area contributed by atoms with Gasteiger partial charge in [-0.3, -0.25) is 4.79 Å². The average molecular weight is 250 g/mol. The summed E-state index contributed by atoms with van der Waals surface area (Å²) in [5.41, 5.74) is 1.45. The van der Waals surface area contributed by atoms with E-state index in [0.29, 0.717) is 22.1 Å². The second kappa shape index (κ2) is 4.63. The van der Waals surface area contributed by atoms with Crippen molar-refractivity contribution in [2.45, 2.75) is 6.92 Å². The monoisotopic (exact) mass is 249 g/mol. The fourth-order valence-corrected chi connectivity index (χ4v) is 1.72. The van der Waals surface area contributed by atoms with Gasteiger partial charge in [-0.2, -0.15) is 0 Å². The minimum absolute atomic E-state index is 0.147. The fraction of sp³-hybridized carbons (Fsp3) is 0.154. The van der Waals surface area contributed by atoms with E-state index >= 15 is 0 Å². The van der Waals surface area contributed by atoms with Crippen molar-refractivity contribution >= 4 is 17.5 Å². The summed E-state index contributed by atoms with van der Waals surface area (Å²) in [6.45, 7) is 1.77. The maximum absolute atomic E-state index is 11.5. The summed E-state index contributed by atoms with van der Waals surface area (Å²) >= 11 is 5.81. The van der Waals surface area contributed by atoms with Gasteiger partial charge in [-0.05, 0) is 37.3 Å². The largest absolute Gasteiger partial charge is 0.461 e. The van der Waals surface area contributed by atoms with Gasteiger partial charge in [0.05, 0.1) is 5.56 Å². The molecular weight excluding hydrogens is 238 g/mol. The molecule has 4 heteroatoms. The first-order valence-electron chi connectivity index (χ1n) is 5.20. The lowest BCUT2D eigenvalue weighted by molar-refractivity contribution is 0.0961. The highest BCUT2D eigenvalue weighted by molar-refractivity contribution is 6.30. The molecule has 0 aliphatic carbocycles. The first-order chi connectivity index (χ1) is 8.11. The quantitative estimate of drug-likeness (QED) is 0.888. The molecule has 0 unspecified atom stereocenters. The van der Waals surface area contributed by atoms with Gasteiger partial charge in [-0.25, -0.2) is 0 Å². The van der Waals surface area contributed by atoms with E-state index in [4.69, 9.17) is 16.0 Å². The van der Waals surface area contributed by atoms with Crippen LogP contribution in [-0.2, 0) is 0 Å². The maximum Gasteiger partial charge on any atom is 0.254 e. The molecule has 0 fully saturated rings. The van der Waals surface area contributed by atoms with Crippen molar-refractivity contribution in [1.82, 2.24) is 5.32 Å². The highest BCUT2D eigenvalue weighted by Gasteiger charge is 2.14. The van der Waals surface area contributed by atoms with Crippen LogP contribution in [0.1, 0.15) is 16.1 Å². The zero-order valence-electron chi connectivity index (χ0n) is 9.58. The number of nitrogens with one attached hydrogen (secondary N) is 1. The molecule has 1 heterocycles. The fourth-order valence-electron chi connectivity index (χ4n) is 1.60. The van der Waals surface area contributed by atoms with E-state index < -0.39 is 0 Å². The van der Waals surface area contributed by atoms with Crippen LogP contribution in [0.2, 0.25) is 5.02 Å². The van der Waals surface area contributed by atoms with Gasteiger partial charge in [0.15, 0.2) is 0 Å². The third kappa shape index (κ3) is 2.34.